The van der Waals surface area contributed by atoms with Crippen molar-refractivity contribution in [2.45, 2.75) is 19.9 Å². The number of carboxylic acids is 1. The van der Waals surface area contributed by atoms with E-state index in [0.29, 0.717) is 22.8 Å². The number of fused-ring (bicyclic) bond motifs is 3. The number of aromatic amines is 1. The van der Waals surface area contributed by atoms with Crippen molar-refractivity contribution in [3.63, 3.8) is 0 Å². The van der Waals surface area contributed by atoms with Crippen molar-refractivity contribution < 1.29 is 24.2 Å². The highest BCUT2D eigenvalue weighted by Crippen LogP contribution is 2.41. The molecule has 0 fully saturated rings. The van der Waals surface area contributed by atoms with E-state index in [1.54, 1.807) is 40.2 Å². The Kier molecular flexibility index (Phi) is 5.91. The molecule has 0 saturated carbocycles. The Hall–Kier alpha value is -4.07. The molecular formula is C25H25N3O5. The Morgan fingerprint density at radius 1 is 1.03 bits per heavy atom. The average Bonchev–Trinajstić information content (AvgIpc) is 3.19. The molecule has 2 heterocycles. The largest absolute Gasteiger partial charge is 0.493 e. The molecule has 0 saturated heterocycles. The van der Waals surface area contributed by atoms with E-state index in [1.165, 1.54) is 0 Å². The van der Waals surface area contributed by atoms with Crippen LogP contribution < -0.4 is 14.8 Å². The lowest BCUT2D eigenvalue weighted by Gasteiger charge is -2.18. The van der Waals surface area contributed by atoms with Crippen LogP contribution in [0.5, 0.6) is 11.5 Å². The number of amides is 1. The van der Waals surface area contributed by atoms with Gasteiger partial charge in [0.1, 0.15) is 11.7 Å². The molecule has 0 aliphatic heterocycles. The van der Waals surface area contributed by atoms with Gasteiger partial charge in [0.05, 0.1) is 25.4 Å². The fraction of sp³-hybridized carbons (Fsp3) is 0.240. The molecule has 0 bridgehead atoms. The molecular weight excluding hydrogens is 422 g/mol. The molecule has 2 aromatic heterocycles. The lowest BCUT2D eigenvalue weighted by molar-refractivity contribution is -0.140. The molecule has 1 atom stereocenters. The zero-order valence-corrected chi connectivity index (χ0v) is 18.8. The Morgan fingerprint density at radius 2 is 1.79 bits per heavy atom. The smallest absolute Gasteiger partial charge is 0.326 e. The first-order valence-electron chi connectivity index (χ1n) is 10.5. The van der Waals surface area contributed by atoms with Crippen molar-refractivity contribution in [2.75, 3.05) is 14.2 Å². The number of rotatable bonds is 7. The quantitative estimate of drug-likeness (QED) is 0.391. The highest BCUT2D eigenvalue weighted by atomic mass is 16.5. The molecule has 33 heavy (non-hydrogen) atoms. The predicted molar refractivity (Wildman–Crippen MR) is 126 cm³/mol. The number of carboxylic acid groups (broad SMARTS) is 1. The summed E-state index contributed by atoms with van der Waals surface area (Å²) < 4.78 is 11.1. The minimum absolute atomic E-state index is 0.110. The van der Waals surface area contributed by atoms with E-state index < -0.39 is 17.9 Å². The zero-order valence-electron chi connectivity index (χ0n) is 18.8. The summed E-state index contributed by atoms with van der Waals surface area (Å²) in [5, 5.41) is 13.8. The lowest BCUT2D eigenvalue weighted by Crippen LogP contribution is -2.44. The van der Waals surface area contributed by atoms with Gasteiger partial charge in [-0.05, 0) is 30.2 Å². The molecule has 170 valence electrons. The van der Waals surface area contributed by atoms with Gasteiger partial charge < -0.3 is 24.9 Å². The van der Waals surface area contributed by atoms with Crippen molar-refractivity contribution in [1.29, 1.82) is 0 Å². The number of methoxy groups -OCH3 is 2. The van der Waals surface area contributed by atoms with E-state index in [1.807, 2.05) is 36.4 Å². The summed E-state index contributed by atoms with van der Waals surface area (Å²) in [6.07, 6.45) is 0. The molecule has 8 heteroatoms. The van der Waals surface area contributed by atoms with Gasteiger partial charge in [-0.2, -0.15) is 0 Å². The second-order valence-corrected chi connectivity index (χ2v) is 8.02. The summed E-state index contributed by atoms with van der Waals surface area (Å²) in [5.74, 6) is -0.939. The Labute approximate surface area is 190 Å². The molecule has 0 spiro atoms. The predicted octanol–water partition coefficient (Wildman–Crippen LogP) is 4.24. The monoisotopic (exact) mass is 447 g/mol. The van der Waals surface area contributed by atoms with E-state index in [0.717, 1.165) is 21.8 Å². The van der Waals surface area contributed by atoms with E-state index >= 15 is 0 Å². The van der Waals surface area contributed by atoms with E-state index in [4.69, 9.17) is 9.47 Å². The number of H-pyrrole nitrogens is 1. The summed E-state index contributed by atoms with van der Waals surface area (Å²) in [5.41, 5.74) is 2.88. The molecule has 0 radical (unpaired) electrons. The third-order valence-corrected chi connectivity index (χ3v) is 5.61. The van der Waals surface area contributed by atoms with Crippen LogP contribution in [0.3, 0.4) is 0 Å². The van der Waals surface area contributed by atoms with Gasteiger partial charge in [-0.25, -0.2) is 9.78 Å². The van der Waals surface area contributed by atoms with Gasteiger partial charge in [0.25, 0.3) is 5.91 Å². The van der Waals surface area contributed by atoms with Crippen molar-refractivity contribution in [2.24, 2.45) is 5.92 Å². The number of nitrogens with zero attached hydrogens (tertiary/aromatic N) is 1. The van der Waals surface area contributed by atoms with Crippen molar-refractivity contribution in [3.8, 4) is 22.8 Å². The second-order valence-electron chi connectivity index (χ2n) is 8.02. The molecule has 3 N–H and O–H groups in total. The van der Waals surface area contributed by atoms with Gasteiger partial charge in [0.2, 0.25) is 0 Å². The second kappa shape index (κ2) is 8.82. The summed E-state index contributed by atoms with van der Waals surface area (Å²) in [7, 11) is 3.09. The highest BCUT2D eigenvalue weighted by Gasteiger charge is 2.26. The number of nitrogens with one attached hydrogen (secondary N) is 2. The number of para-hydroxylation sites is 2. The number of carbonyl (C=O) groups is 2. The molecule has 0 aliphatic rings. The third-order valence-electron chi connectivity index (χ3n) is 5.61. The van der Waals surface area contributed by atoms with E-state index in [-0.39, 0.29) is 11.6 Å². The fourth-order valence-corrected chi connectivity index (χ4v) is 3.96. The first-order chi connectivity index (χ1) is 15.8. The van der Waals surface area contributed by atoms with Gasteiger partial charge in [-0.3, -0.25) is 4.79 Å². The molecule has 4 aromatic rings. The molecule has 0 aliphatic carbocycles. The van der Waals surface area contributed by atoms with E-state index in [9.17, 15) is 14.7 Å². The highest BCUT2D eigenvalue weighted by molar-refractivity contribution is 6.13. The van der Waals surface area contributed by atoms with Crippen LogP contribution in [-0.2, 0) is 4.79 Å². The van der Waals surface area contributed by atoms with Crippen LogP contribution in [0.2, 0.25) is 0 Å². The van der Waals surface area contributed by atoms with Crippen molar-refractivity contribution >= 4 is 33.7 Å². The van der Waals surface area contributed by atoms with Gasteiger partial charge in [0, 0.05) is 21.9 Å². The summed E-state index contributed by atoms with van der Waals surface area (Å²) in [6.45, 7) is 3.48. The van der Waals surface area contributed by atoms with Gasteiger partial charge in [-0.15, -0.1) is 0 Å². The number of hydrogen-bond acceptors (Lipinski definition) is 5. The van der Waals surface area contributed by atoms with Crippen molar-refractivity contribution in [1.82, 2.24) is 15.3 Å². The number of aromatic nitrogens is 2. The van der Waals surface area contributed by atoms with Gasteiger partial charge in [0.15, 0.2) is 11.5 Å². The average molecular weight is 447 g/mol. The maximum Gasteiger partial charge on any atom is 0.326 e. The van der Waals surface area contributed by atoms with Crippen LogP contribution in [0.15, 0.2) is 48.5 Å². The third kappa shape index (κ3) is 3.95. The standard InChI is InChI=1S/C25H25N3O5/c1-13(2)20(25(30)31)28-24(29)18-12-16-14-8-5-6-10-17(14)26-22(16)21(27-18)15-9-7-11-19(32-3)23(15)33-4/h5-13,20,26H,1-4H3,(H,28,29)(H,30,31). The first-order valence-corrected chi connectivity index (χ1v) is 10.5. The normalized spacial score (nSPS) is 12.2. The van der Waals surface area contributed by atoms with Gasteiger partial charge in [-0.1, -0.05) is 38.1 Å². The minimum Gasteiger partial charge on any atom is -0.493 e. The number of aliphatic carboxylic acids is 1. The van der Waals surface area contributed by atoms with Crippen LogP contribution in [0.1, 0.15) is 24.3 Å². The molecule has 8 nitrogen and oxygen atoms in total. The molecule has 1 amide bonds. The number of pyridine rings is 1. The summed E-state index contributed by atoms with van der Waals surface area (Å²) in [4.78, 5) is 32.8. The summed E-state index contributed by atoms with van der Waals surface area (Å²) >= 11 is 0. The SMILES string of the molecule is COc1cccc(-c2nc(C(=O)NC(C(=O)O)C(C)C)cc3c2[nH]c2ccccc23)c1OC. The number of carbonyl (C=O) groups excluding carboxylic acids is 1. The van der Waals surface area contributed by atoms with Crippen LogP contribution in [0.4, 0.5) is 0 Å². The number of hydrogen-bond donors (Lipinski definition) is 3. The number of benzene rings is 2. The fourth-order valence-electron chi connectivity index (χ4n) is 3.96. The molecule has 1 unspecified atom stereocenters. The minimum atomic E-state index is -1.10. The van der Waals surface area contributed by atoms with E-state index in [2.05, 4.69) is 15.3 Å². The zero-order chi connectivity index (χ0) is 23.7. The first kappa shape index (κ1) is 22.1. The Balaban J connectivity index is 1.97. The maximum absolute atomic E-state index is 13.1. The Morgan fingerprint density at radius 3 is 2.45 bits per heavy atom. The summed E-state index contributed by atoms with van der Waals surface area (Å²) in [6, 6.07) is 13.8. The van der Waals surface area contributed by atoms with Crippen molar-refractivity contribution in [3.05, 3.63) is 54.2 Å². The Bertz CT molecular complexity index is 1360. The maximum atomic E-state index is 13.1. The van der Waals surface area contributed by atoms with Crippen LogP contribution in [0.25, 0.3) is 33.1 Å². The van der Waals surface area contributed by atoms with Gasteiger partial charge >= 0.3 is 5.97 Å². The lowest BCUT2D eigenvalue weighted by atomic mass is 10.0. The van der Waals surface area contributed by atoms with Crippen LogP contribution in [-0.4, -0.2) is 47.2 Å². The molecule has 2 aromatic carbocycles. The van der Waals surface area contributed by atoms with Crippen LogP contribution >= 0.6 is 0 Å². The van der Waals surface area contributed by atoms with Crippen LogP contribution in [0, 0.1) is 5.92 Å². The molecule has 4 rings (SSSR count). The topological polar surface area (TPSA) is 114 Å². The number of ether oxygens (including phenoxy) is 2.